The monoisotopic (exact) mass is 512 g/mol. The van der Waals surface area contributed by atoms with Gasteiger partial charge in [0.2, 0.25) is 5.91 Å². The molecule has 1 aromatic heterocycles. The minimum absolute atomic E-state index is 0.148. The van der Waals surface area contributed by atoms with Crippen LogP contribution in [0.2, 0.25) is 0 Å². The number of carbonyl (C=O) groups excluding carboxylic acids is 1. The van der Waals surface area contributed by atoms with Gasteiger partial charge < -0.3 is 23.8 Å². The third-order valence-corrected chi connectivity index (χ3v) is 8.08. The van der Waals surface area contributed by atoms with Gasteiger partial charge in [0.25, 0.3) is 0 Å². The SMILES string of the molecule is COc1cc(/C=C2\CCCN(C3CCCc4cc(N5CCOCC5)ccc43)C2=O)ccc1-n1cnc(C)c1. The lowest BCUT2D eigenvalue weighted by Gasteiger charge is -2.39. The number of fused-ring (bicyclic) bond motifs is 1. The van der Waals surface area contributed by atoms with Crippen LogP contribution in [-0.4, -0.2) is 60.3 Å². The lowest BCUT2D eigenvalue weighted by molar-refractivity contribution is -0.131. The number of amides is 1. The van der Waals surface area contributed by atoms with Crippen molar-refractivity contribution in [2.75, 3.05) is 44.9 Å². The molecule has 2 fully saturated rings. The van der Waals surface area contributed by atoms with Crippen molar-refractivity contribution < 1.29 is 14.3 Å². The molecule has 3 heterocycles. The van der Waals surface area contributed by atoms with Crippen molar-refractivity contribution in [3.05, 3.63) is 76.9 Å². The van der Waals surface area contributed by atoms with E-state index < -0.39 is 0 Å². The number of piperidine rings is 1. The zero-order valence-corrected chi connectivity index (χ0v) is 22.4. The van der Waals surface area contributed by atoms with Crippen LogP contribution in [0.1, 0.15) is 54.1 Å². The summed E-state index contributed by atoms with van der Waals surface area (Å²) in [5, 5.41) is 0. The highest BCUT2D eigenvalue weighted by molar-refractivity contribution is 5.99. The molecule has 0 bridgehead atoms. The maximum Gasteiger partial charge on any atom is 0.250 e. The molecule has 2 aromatic carbocycles. The Bertz CT molecular complexity index is 1350. The first-order chi connectivity index (χ1) is 18.6. The van der Waals surface area contributed by atoms with E-state index in [0.717, 1.165) is 93.2 Å². The molecule has 0 N–H and O–H groups in total. The fraction of sp³-hybridized carbons (Fsp3) is 0.419. The highest BCUT2D eigenvalue weighted by Gasteiger charge is 2.33. The third-order valence-electron chi connectivity index (χ3n) is 8.08. The van der Waals surface area contributed by atoms with Crippen LogP contribution in [0, 0.1) is 6.92 Å². The summed E-state index contributed by atoms with van der Waals surface area (Å²) < 4.78 is 13.2. The molecule has 0 spiro atoms. The van der Waals surface area contributed by atoms with E-state index >= 15 is 0 Å². The predicted molar refractivity (Wildman–Crippen MR) is 149 cm³/mol. The van der Waals surface area contributed by atoms with Crippen molar-refractivity contribution in [3.63, 3.8) is 0 Å². The first-order valence-corrected chi connectivity index (χ1v) is 13.8. The number of methoxy groups -OCH3 is 1. The van der Waals surface area contributed by atoms with Crippen molar-refractivity contribution in [1.29, 1.82) is 0 Å². The fourth-order valence-electron chi connectivity index (χ4n) is 6.13. The average Bonchev–Trinajstić information content (AvgIpc) is 3.40. The minimum atomic E-state index is 0.148. The molecule has 7 nitrogen and oxygen atoms in total. The summed E-state index contributed by atoms with van der Waals surface area (Å²) in [4.78, 5) is 22.7. The predicted octanol–water partition coefficient (Wildman–Crippen LogP) is 5.11. The molecule has 1 amide bonds. The molecule has 38 heavy (non-hydrogen) atoms. The van der Waals surface area contributed by atoms with E-state index in [4.69, 9.17) is 9.47 Å². The molecule has 2 aliphatic heterocycles. The van der Waals surface area contributed by atoms with Gasteiger partial charge in [-0.2, -0.15) is 0 Å². The van der Waals surface area contributed by atoms with Crippen LogP contribution < -0.4 is 9.64 Å². The minimum Gasteiger partial charge on any atom is -0.495 e. The largest absolute Gasteiger partial charge is 0.495 e. The molecule has 3 aliphatic rings. The fourth-order valence-corrected chi connectivity index (χ4v) is 6.13. The van der Waals surface area contributed by atoms with Gasteiger partial charge in [0, 0.05) is 37.1 Å². The van der Waals surface area contributed by atoms with Gasteiger partial charge in [0.15, 0.2) is 0 Å². The van der Waals surface area contributed by atoms with Crippen molar-refractivity contribution >= 4 is 17.7 Å². The number of likely N-dealkylation sites (tertiary alicyclic amines) is 1. The van der Waals surface area contributed by atoms with Gasteiger partial charge >= 0.3 is 0 Å². The highest BCUT2D eigenvalue weighted by atomic mass is 16.5. The molecule has 6 rings (SSSR count). The smallest absolute Gasteiger partial charge is 0.250 e. The normalized spacial score (nSPS) is 21.1. The first-order valence-electron chi connectivity index (χ1n) is 13.8. The van der Waals surface area contributed by atoms with Gasteiger partial charge in [0.1, 0.15) is 5.75 Å². The number of benzene rings is 2. The summed E-state index contributed by atoms with van der Waals surface area (Å²) in [6.07, 6.45) is 10.8. The molecule has 0 saturated carbocycles. The van der Waals surface area contributed by atoms with E-state index in [-0.39, 0.29) is 11.9 Å². The van der Waals surface area contributed by atoms with Gasteiger partial charge in [-0.3, -0.25) is 4.79 Å². The van der Waals surface area contributed by atoms with Crippen molar-refractivity contribution in [2.24, 2.45) is 0 Å². The standard InChI is InChI=1S/C31H36N4O3/c1-22-20-34(21-32-22)29-11-8-23(18-30(29)37-2)17-25-6-4-12-35(31(25)36)28-7-3-5-24-19-26(9-10-27(24)28)33-13-15-38-16-14-33/h8-11,17-21,28H,3-7,12-16H2,1-2H3/b25-17+. The molecular formula is C31H36N4O3. The van der Waals surface area contributed by atoms with Crippen molar-refractivity contribution in [3.8, 4) is 11.4 Å². The number of carbonyl (C=O) groups is 1. The Labute approximate surface area is 224 Å². The number of hydrogen-bond acceptors (Lipinski definition) is 5. The number of imidazole rings is 1. The number of hydrogen-bond donors (Lipinski definition) is 0. The van der Waals surface area contributed by atoms with Crippen molar-refractivity contribution in [1.82, 2.24) is 14.5 Å². The third kappa shape index (κ3) is 4.83. The first kappa shape index (κ1) is 24.7. The number of anilines is 1. The maximum absolute atomic E-state index is 13.8. The molecule has 1 unspecified atom stereocenters. The van der Waals surface area contributed by atoms with Crippen LogP contribution in [0.5, 0.6) is 5.75 Å². The zero-order chi connectivity index (χ0) is 26.1. The molecular weight excluding hydrogens is 476 g/mol. The molecule has 3 aromatic rings. The second-order valence-corrected chi connectivity index (χ2v) is 10.5. The Morgan fingerprint density at radius 2 is 1.92 bits per heavy atom. The number of ether oxygens (including phenoxy) is 2. The molecule has 7 heteroatoms. The number of aryl methyl sites for hydroxylation is 2. The quantitative estimate of drug-likeness (QED) is 0.445. The van der Waals surface area contributed by atoms with Crippen LogP contribution in [-0.2, 0) is 16.0 Å². The van der Waals surface area contributed by atoms with Crippen LogP contribution in [0.25, 0.3) is 11.8 Å². The molecule has 1 aliphatic carbocycles. The van der Waals surface area contributed by atoms with E-state index in [1.807, 2.05) is 35.9 Å². The number of nitrogens with zero attached hydrogens (tertiary/aromatic N) is 4. The summed E-state index contributed by atoms with van der Waals surface area (Å²) in [6.45, 7) is 6.23. The summed E-state index contributed by atoms with van der Waals surface area (Å²) in [7, 11) is 1.68. The van der Waals surface area contributed by atoms with Gasteiger partial charge in [-0.1, -0.05) is 12.1 Å². The van der Waals surface area contributed by atoms with E-state index in [1.54, 1.807) is 13.4 Å². The molecule has 0 radical (unpaired) electrons. The lowest BCUT2D eigenvalue weighted by atomic mass is 9.85. The topological polar surface area (TPSA) is 59.8 Å². The second kappa shape index (κ2) is 10.7. The van der Waals surface area contributed by atoms with Crippen LogP contribution in [0.4, 0.5) is 5.69 Å². The van der Waals surface area contributed by atoms with E-state index in [1.165, 1.54) is 16.8 Å². The zero-order valence-electron chi connectivity index (χ0n) is 22.4. The Balaban J connectivity index is 1.24. The Morgan fingerprint density at radius 1 is 1.05 bits per heavy atom. The Morgan fingerprint density at radius 3 is 2.71 bits per heavy atom. The number of morpholine rings is 1. The number of rotatable bonds is 5. The molecule has 1 atom stereocenters. The van der Waals surface area contributed by atoms with E-state index in [2.05, 4.69) is 39.0 Å². The average molecular weight is 513 g/mol. The molecule has 2 saturated heterocycles. The summed E-state index contributed by atoms with van der Waals surface area (Å²) >= 11 is 0. The molecule has 198 valence electrons. The van der Waals surface area contributed by atoms with Crippen molar-refractivity contribution in [2.45, 2.75) is 45.1 Å². The maximum atomic E-state index is 13.8. The summed E-state index contributed by atoms with van der Waals surface area (Å²) in [5.41, 5.74) is 7.73. The lowest BCUT2D eigenvalue weighted by Crippen LogP contribution is -2.41. The summed E-state index contributed by atoms with van der Waals surface area (Å²) in [5.74, 6) is 0.925. The van der Waals surface area contributed by atoms with E-state index in [9.17, 15) is 4.79 Å². The number of aromatic nitrogens is 2. The van der Waals surface area contributed by atoms with Gasteiger partial charge in [-0.05, 0) is 86.1 Å². The Hall–Kier alpha value is -3.58. The van der Waals surface area contributed by atoms with Crippen LogP contribution >= 0.6 is 0 Å². The highest BCUT2D eigenvalue weighted by Crippen LogP contribution is 2.39. The van der Waals surface area contributed by atoms with Gasteiger partial charge in [0.05, 0.1) is 44.1 Å². The Kier molecular flexibility index (Phi) is 6.94. The second-order valence-electron chi connectivity index (χ2n) is 10.5. The van der Waals surface area contributed by atoms with Gasteiger partial charge in [-0.15, -0.1) is 0 Å². The van der Waals surface area contributed by atoms with E-state index in [0.29, 0.717) is 0 Å². The summed E-state index contributed by atoms with van der Waals surface area (Å²) in [6, 6.07) is 13.1. The van der Waals surface area contributed by atoms with Gasteiger partial charge in [-0.25, -0.2) is 4.98 Å². The van der Waals surface area contributed by atoms with Crippen LogP contribution in [0.15, 0.2) is 54.5 Å². The van der Waals surface area contributed by atoms with Crippen LogP contribution in [0.3, 0.4) is 0 Å².